The molecule has 0 atom stereocenters. The molecule has 134 valence electrons. The number of nitrogens with zero attached hydrogens (tertiary/aromatic N) is 2. The smallest absolute Gasteiger partial charge is 0.334 e. The van der Waals surface area contributed by atoms with Crippen molar-refractivity contribution >= 4 is 23.0 Å². The van der Waals surface area contributed by atoms with E-state index < -0.39 is 6.03 Å². The Kier molecular flexibility index (Phi) is 5.43. The second-order valence-corrected chi connectivity index (χ2v) is 5.63. The number of para-hydroxylation sites is 2. The molecular formula is C18H18FN5O2. The number of carbonyl (C=O) groups excluding carboxylic acids is 2. The molecule has 0 unspecified atom stereocenters. The van der Waals surface area contributed by atoms with Gasteiger partial charge in [-0.15, -0.1) is 0 Å². The number of amides is 3. The molecule has 0 aliphatic rings. The average Bonchev–Trinajstić information content (AvgIpc) is 3.02. The molecule has 3 aromatic rings. The predicted molar refractivity (Wildman–Crippen MR) is 95.6 cm³/mol. The predicted octanol–water partition coefficient (Wildman–Crippen LogP) is 1.79. The van der Waals surface area contributed by atoms with Gasteiger partial charge in [-0.1, -0.05) is 24.3 Å². The molecule has 1 aromatic heterocycles. The van der Waals surface area contributed by atoms with E-state index in [1.807, 2.05) is 24.3 Å². The maximum absolute atomic E-state index is 13.1. The third kappa shape index (κ3) is 4.56. The van der Waals surface area contributed by atoms with Crippen LogP contribution in [0.4, 0.5) is 9.18 Å². The number of urea groups is 1. The summed E-state index contributed by atoms with van der Waals surface area (Å²) in [6.45, 7) is 0.527. The van der Waals surface area contributed by atoms with Gasteiger partial charge in [-0.25, -0.2) is 24.3 Å². The van der Waals surface area contributed by atoms with Gasteiger partial charge in [-0.3, -0.25) is 4.79 Å². The van der Waals surface area contributed by atoms with Crippen LogP contribution in [0, 0.1) is 5.82 Å². The molecule has 0 saturated carbocycles. The van der Waals surface area contributed by atoms with Gasteiger partial charge < -0.3 is 10.6 Å². The number of fused-ring (bicyclic) bond motifs is 1. The Balaban J connectivity index is 1.39. The molecule has 7 nitrogen and oxygen atoms in total. The van der Waals surface area contributed by atoms with Crippen molar-refractivity contribution < 1.29 is 14.0 Å². The van der Waals surface area contributed by atoms with Crippen LogP contribution in [0.1, 0.15) is 5.56 Å². The van der Waals surface area contributed by atoms with Gasteiger partial charge in [-0.05, 0) is 29.8 Å². The SMILES string of the molecule is O=C(Cc1cccc(F)c1)NCCNC(=O)Nn1cnc2ccccc21. The molecule has 0 bridgehead atoms. The summed E-state index contributed by atoms with van der Waals surface area (Å²) < 4.78 is 14.6. The van der Waals surface area contributed by atoms with Gasteiger partial charge in [0.25, 0.3) is 0 Å². The molecule has 8 heteroatoms. The summed E-state index contributed by atoms with van der Waals surface area (Å²) >= 11 is 0. The minimum Gasteiger partial charge on any atom is -0.354 e. The van der Waals surface area contributed by atoms with E-state index in [1.165, 1.54) is 23.1 Å². The van der Waals surface area contributed by atoms with Crippen LogP contribution >= 0.6 is 0 Å². The first kappa shape index (κ1) is 17.4. The Hall–Kier alpha value is -3.42. The highest BCUT2D eigenvalue weighted by Gasteiger charge is 2.06. The zero-order valence-electron chi connectivity index (χ0n) is 13.9. The number of halogens is 1. The van der Waals surface area contributed by atoms with E-state index in [2.05, 4.69) is 21.0 Å². The minimum absolute atomic E-state index is 0.0883. The number of hydrogen-bond donors (Lipinski definition) is 3. The van der Waals surface area contributed by atoms with Crippen LogP contribution in [0.2, 0.25) is 0 Å². The van der Waals surface area contributed by atoms with Crippen LogP contribution in [-0.2, 0) is 11.2 Å². The van der Waals surface area contributed by atoms with Crippen molar-refractivity contribution in [1.82, 2.24) is 20.3 Å². The number of rotatable bonds is 6. The van der Waals surface area contributed by atoms with E-state index in [4.69, 9.17) is 0 Å². The summed E-state index contributed by atoms with van der Waals surface area (Å²) in [5.74, 6) is -0.612. The van der Waals surface area contributed by atoms with Crippen LogP contribution in [0.3, 0.4) is 0 Å². The molecule has 0 radical (unpaired) electrons. The van der Waals surface area contributed by atoms with Crippen molar-refractivity contribution in [1.29, 1.82) is 0 Å². The highest BCUT2D eigenvalue weighted by atomic mass is 19.1. The monoisotopic (exact) mass is 355 g/mol. The summed E-state index contributed by atoms with van der Waals surface area (Å²) in [4.78, 5) is 27.9. The summed E-state index contributed by atoms with van der Waals surface area (Å²) in [6.07, 6.45) is 1.61. The normalized spacial score (nSPS) is 10.5. The van der Waals surface area contributed by atoms with E-state index in [9.17, 15) is 14.0 Å². The molecule has 0 saturated heterocycles. The van der Waals surface area contributed by atoms with Crippen molar-refractivity contribution in [3.63, 3.8) is 0 Å². The van der Waals surface area contributed by atoms with Crippen molar-refractivity contribution in [3.8, 4) is 0 Å². The molecule has 26 heavy (non-hydrogen) atoms. The Morgan fingerprint density at radius 1 is 1.04 bits per heavy atom. The topological polar surface area (TPSA) is 88.0 Å². The maximum Gasteiger partial charge on any atom is 0.334 e. The van der Waals surface area contributed by atoms with E-state index in [-0.39, 0.29) is 31.2 Å². The van der Waals surface area contributed by atoms with E-state index in [1.54, 1.807) is 12.1 Å². The third-order valence-corrected chi connectivity index (χ3v) is 3.66. The Morgan fingerprint density at radius 3 is 2.69 bits per heavy atom. The Morgan fingerprint density at radius 2 is 1.85 bits per heavy atom. The molecule has 2 aromatic carbocycles. The highest BCUT2D eigenvalue weighted by Crippen LogP contribution is 2.09. The number of nitrogens with one attached hydrogen (secondary N) is 3. The lowest BCUT2D eigenvalue weighted by atomic mass is 10.1. The molecule has 0 aliphatic heterocycles. The number of aromatic nitrogens is 2. The summed E-state index contributed by atoms with van der Waals surface area (Å²) in [5.41, 5.74) is 4.81. The quantitative estimate of drug-likeness (QED) is 0.589. The number of hydrogen-bond acceptors (Lipinski definition) is 3. The number of imidazole rings is 1. The van der Waals surface area contributed by atoms with Crippen molar-refractivity contribution in [2.75, 3.05) is 18.5 Å². The molecular weight excluding hydrogens is 337 g/mol. The van der Waals surface area contributed by atoms with Crippen LogP contribution in [0.15, 0.2) is 54.9 Å². The van der Waals surface area contributed by atoms with Crippen molar-refractivity contribution in [3.05, 3.63) is 66.2 Å². The van der Waals surface area contributed by atoms with Crippen LogP contribution < -0.4 is 16.1 Å². The van der Waals surface area contributed by atoms with Gasteiger partial charge in [0.15, 0.2) is 0 Å². The molecule has 0 aliphatic carbocycles. The second-order valence-electron chi connectivity index (χ2n) is 5.63. The number of carbonyl (C=O) groups is 2. The Labute approximate surface area is 149 Å². The summed E-state index contributed by atoms with van der Waals surface area (Å²) in [7, 11) is 0. The summed E-state index contributed by atoms with van der Waals surface area (Å²) in [6, 6.07) is 12.9. The zero-order valence-corrected chi connectivity index (χ0v) is 13.9. The van der Waals surface area contributed by atoms with Gasteiger partial charge in [0.1, 0.15) is 12.1 Å². The fourth-order valence-electron chi connectivity index (χ4n) is 2.47. The molecule has 0 spiro atoms. The van der Waals surface area contributed by atoms with Gasteiger partial charge in [0.05, 0.1) is 17.5 Å². The van der Waals surface area contributed by atoms with Crippen LogP contribution in [0.5, 0.6) is 0 Å². The third-order valence-electron chi connectivity index (χ3n) is 3.66. The summed E-state index contributed by atoms with van der Waals surface area (Å²) in [5, 5.41) is 5.31. The average molecular weight is 355 g/mol. The lowest BCUT2D eigenvalue weighted by Gasteiger charge is -2.10. The minimum atomic E-state index is -0.410. The van der Waals surface area contributed by atoms with E-state index >= 15 is 0 Å². The Bertz CT molecular complexity index is 925. The fraction of sp³-hybridized carbons (Fsp3) is 0.167. The molecule has 3 N–H and O–H groups in total. The number of benzene rings is 2. The van der Waals surface area contributed by atoms with Crippen LogP contribution in [-0.4, -0.2) is 34.7 Å². The van der Waals surface area contributed by atoms with Gasteiger partial charge >= 0.3 is 6.03 Å². The van der Waals surface area contributed by atoms with Crippen molar-refractivity contribution in [2.24, 2.45) is 0 Å². The largest absolute Gasteiger partial charge is 0.354 e. The molecule has 0 fully saturated rings. The molecule has 1 heterocycles. The highest BCUT2D eigenvalue weighted by molar-refractivity contribution is 5.85. The lowest BCUT2D eigenvalue weighted by Crippen LogP contribution is -2.39. The van der Waals surface area contributed by atoms with Gasteiger partial charge in [0, 0.05) is 13.1 Å². The van der Waals surface area contributed by atoms with E-state index in [0.717, 1.165) is 11.0 Å². The van der Waals surface area contributed by atoms with E-state index in [0.29, 0.717) is 5.56 Å². The van der Waals surface area contributed by atoms with Crippen molar-refractivity contribution in [2.45, 2.75) is 6.42 Å². The lowest BCUT2D eigenvalue weighted by molar-refractivity contribution is -0.120. The first-order chi connectivity index (χ1) is 12.6. The van der Waals surface area contributed by atoms with Gasteiger partial charge in [0.2, 0.25) is 5.91 Å². The van der Waals surface area contributed by atoms with Gasteiger partial charge in [-0.2, -0.15) is 0 Å². The van der Waals surface area contributed by atoms with Crippen LogP contribution in [0.25, 0.3) is 11.0 Å². The standard InChI is InChI=1S/C18H18FN5O2/c19-14-5-3-4-13(10-14)11-17(25)20-8-9-21-18(26)23-24-12-22-15-6-1-2-7-16(15)24/h1-7,10,12H,8-9,11H2,(H,20,25)(H2,21,23,26). The first-order valence-electron chi connectivity index (χ1n) is 8.10. The first-order valence-corrected chi connectivity index (χ1v) is 8.10. The second kappa shape index (κ2) is 8.11. The molecule has 3 rings (SSSR count). The fourth-order valence-corrected chi connectivity index (χ4v) is 2.47. The zero-order chi connectivity index (χ0) is 18.4. The maximum atomic E-state index is 13.1. The molecule has 3 amide bonds.